The van der Waals surface area contributed by atoms with E-state index < -0.39 is 22.9 Å². The lowest BCUT2D eigenvalue weighted by Gasteiger charge is -2.06. The van der Waals surface area contributed by atoms with Crippen LogP contribution in [0.2, 0.25) is 0 Å². The number of hydrogen-bond donors (Lipinski definition) is 2. The average molecular weight is 236 g/mol. The fourth-order valence-electron chi connectivity index (χ4n) is 1.40. The standard InChI is InChI=1S/C12H9FO4/c1-6-9(14)10(15)11(17-12(6)16)7-2-4-8(13)5-3-7/h2-5,14-15H,1H3. The molecule has 0 spiro atoms. The van der Waals surface area contributed by atoms with E-state index in [1.54, 1.807) is 0 Å². The molecule has 0 fully saturated rings. The molecular formula is C12H9FO4. The van der Waals surface area contributed by atoms with Crippen LogP contribution >= 0.6 is 0 Å². The summed E-state index contributed by atoms with van der Waals surface area (Å²) in [6, 6.07) is 4.99. The molecule has 0 unspecified atom stereocenters. The van der Waals surface area contributed by atoms with Crippen molar-refractivity contribution in [1.29, 1.82) is 0 Å². The fourth-order valence-corrected chi connectivity index (χ4v) is 1.40. The van der Waals surface area contributed by atoms with Gasteiger partial charge < -0.3 is 14.6 Å². The van der Waals surface area contributed by atoms with Gasteiger partial charge in [-0.05, 0) is 31.2 Å². The molecule has 2 N–H and O–H groups in total. The normalized spacial score (nSPS) is 10.5. The lowest BCUT2D eigenvalue weighted by Crippen LogP contribution is -2.04. The Morgan fingerprint density at radius 1 is 1.12 bits per heavy atom. The van der Waals surface area contributed by atoms with Gasteiger partial charge in [0.1, 0.15) is 5.82 Å². The van der Waals surface area contributed by atoms with Gasteiger partial charge in [0.05, 0.1) is 5.56 Å². The van der Waals surface area contributed by atoms with Crippen molar-refractivity contribution in [3.8, 4) is 22.8 Å². The van der Waals surface area contributed by atoms with Crippen molar-refractivity contribution in [2.24, 2.45) is 0 Å². The highest BCUT2D eigenvalue weighted by Gasteiger charge is 2.17. The van der Waals surface area contributed by atoms with Gasteiger partial charge in [0.25, 0.3) is 0 Å². The summed E-state index contributed by atoms with van der Waals surface area (Å²) in [6.07, 6.45) is 0. The average Bonchev–Trinajstić information content (AvgIpc) is 2.32. The molecule has 0 atom stereocenters. The van der Waals surface area contributed by atoms with Crippen LogP contribution in [0.4, 0.5) is 4.39 Å². The zero-order valence-electron chi connectivity index (χ0n) is 8.90. The second kappa shape index (κ2) is 3.93. The summed E-state index contributed by atoms with van der Waals surface area (Å²) in [6.45, 7) is 1.33. The van der Waals surface area contributed by atoms with Crippen molar-refractivity contribution >= 4 is 0 Å². The molecule has 2 rings (SSSR count). The number of halogens is 1. The zero-order valence-corrected chi connectivity index (χ0v) is 8.90. The van der Waals surface area contributed by atoms with E-state index in [4.69, 9.17) is 4.42 Å². The first-order chi connectivity index (χ1) is 8.00. The van der Waals surface area contributed by atoms with E-state index in [1.807, 2.05) is 0 Å². The fraction of sp³-hybridized carbons (Fsp3) is 0.0833. The summed E-state index contributed by atoms with van der Waals surface area (Å²) in [5.41, 5.74) is -0.524. The Morgan fingerprint density at radius 3 is 2.29 bits per heavy atom. The molecule has 0 aliphatic rings. The summed E-state index contributed by atoms with van der Waals surface area (Å²) in [5.74, 6) is -1.70. The Bertz CT molecular complexity index is 614. The molecule has 2 aromatic rings. The van der Waals surface area contributed by atoms with E-state index in [9.17, 15) is 19.4 Å². The maximum absolute atomic E-state index is 12.7. The van der Waals surface area contributed by atoms with Crippen LogP contribution in [0.25, 0.3) is 11.3 Å². The second-order valence-electron chi connectivity index (χ2n) is 3.55. The summed E-state index contributed by atoms with van der Waals surface area (Å²) >= 11 is 0. The summed E-state index contributed by atoms with van der Waals surface area (Å²) < 4.78 is 17.6. The van der Waals surface area contributed by atoms with Crippen LogP contribution in [0.15, 0.2) is 33.5 Å². The molecule has 0 aliphatic heterocycles. The molecule has 0 saturated heterocycles. The molecule has 0 aliphatic carbocycles. The highest BCUT2D eigenvalue weighted by Crippen LogP contribution is 2.36. The third-order valence-electron chi connectivity index (χ3n) is 2.40. The van der Waals surface area contributed by atoms with Gasteiger partial charge in [-0.2, -0.15) is 0 Å². The minimum Gasteiger partial charge on any atom is -0.504 e. The van der Waals surface area contributed by atoms with Gasteiger partial charge in [0.15, 0.2) is 11.5 Å². The molecule has 0 radical (unpaired) electrons. The first-order valence-electron chi connectivity index (χ1n) is 4.82. The van der Waals surface area contributed by atoms with Crippen molar-refractivity contribution in [2.45, 2.75) is 6.92 Å². The zero-order chi connectivity index (χ0) is 12.6. The SMILES string of the molecule is Cc1c(O)c(O)c(-c2ccc(F)cc2)oc1=O. The number of rotatable bonds is 1. The van der Waals surface area contributed by atoms with Gasteiger partial charge in [0, 0.05) is 5.56 Å². The number of benzene rings is 1. The molecular weight excluding hydrogens is 227 g/mol. The molecule has 1 aromatic heterocycles. The van der Waals surface area contributed by atoms with E-state index >= 15 is 0 Å². The Balaban J connectivity index is 2.68. The van der Waals surface area contributed by atoms with Crippen molar-refractivity contribution in [2.75, 3.05) is 0 Å². The smallest absolute Gasteiger partial charge is 0.343 e. The van der Waals surface area contributed by atoms with Crippen molar-refractivity contribution < 1.29 is 19.0 Å². The lowest BCUT2D eigenvalue weighted by molar-refractivity contribution is 0.372. The second-order valence-corrected chi connectivity index (χ2v) is 3.55. The van der Waals surface area contributed by atoms with Crippen LogP contribution in [0.3, 0.4) is 0 Å². The van der Waals surface area contributed by atoms with Gasteiger partial charge in [0.2, 0.25) is 5.75 Å². The highest BCUT2D eigenvalue weighted by molar-refractivity contribution is 5.67. The van der Waals surface area contributed by atoms with Gasteiger partial charge >= 0.3 is 5.63 Å². The minimum absolute atomic E-state index is 0.0756. The van der Waals surface area contributed by atoms with Gasteiger partial charge in [-0.15, -0.1) is 0 Å². The third kappa shape index (κ3) is 1.87. The Hall–Kier alpha value is -2.30. The van der Waals surface area contributed by atoms with E-state index in [-0.39, 0.29) is 11.3 Å². The van der Waals surface area contributed by atoms with Gasteiger partial charge in [-0.25, -0.2) is 9.18 Å². The predicted molar refractivity (Wildman–Crippen MR) is 58.4 cm³/mol. The van der Waals surface area contributed by atoms with Crippen LogP contribution in [0.5, 0.6) is 11.5 Å². The van der Waals surface area contributed by atoms with Crippen molar-refractivity contribution in [3.63, 3.8) is 0 Å². The van der Waals surface area contributed by atoms with E-state index in [2.05, 4.69) is 0 Å². The van der Waals surface area contributed by atoms with Gasteiger partial charge in [-0.1, -0.05) is 0 Å². The highest BCUT2D eigenvalue weighted by atomic mass is 19.1. The molecule has 5 heteroatoms. The van der Waals surface area contributed by atoms with Crippen molar-refractivity contribution in [1.82, 2.24) is 0 Å². The summed E-state index contributed by atoms with van der Waals surface area (Å²) in [4.78, 5) is 11.3. The minimum atomic E-state index is -0.750. The number of aromatic hydroxyl groups is 2. The predicted octanol–water partition coefficient (Wildman–Crippen LogP) is 2.17. The Morgan fingerprint density at radius 2 is 1.71 bits per heavy atom. The Kier molecular flexibility index (Phi) is 2.59. The van der Waals surface area contributed by atoms with E-state index in [1.165, 1.54) is 19.1 Å². The monoisotopic (exact) mass is 236 g/mol. The van der Waals surface area contributed by atoms with E-state index in [0.29, 0.717) is 5.56 Å². The van der Waals surface area contributed by atoms with E-state index in [0.717, 1.165) is 12.1 Å². The summed E-state index contributed by atoms with van der Waals surface area (Å²) in [7, 11) is 0. The molecule has 4 nitrogen and oxygen atoms in total. The maximum atomic E-state index is 12.7. The molecule has 88 valence electrons. The van der Waals surface area contributed by atoms with Crippen molar-refractivity contribution in [3.05, 3.63) is 46.1 Å². The van der Waals surface area contributed by atoms with Crippen LogP contribution in [0, 0.1) is 12.7 Å². The Labute approximate surface area is 95.6 Å². The maximum Gasteiger partial charge on any atom is 0.343 e. The molecule has 0 saturated carbocycles. The van der Waals surface area contributed by atoms with Crippen LogP contribution in [-0.2, 0) is 0 Å². The molecule has 1 heterocycles. The molecule has 17 heavy (non-hydrogen) atoms. The first-order valence-corrected chi connectivity index (χ1v) is 4.82. The van der Waals surface area contributed by atoms with Gasteiger partial charge in [-0.3, -0.25) is 0 Å². The summed E-state index contributed by atoms with van der Waals surface area (Å²) in [5, 5.41) is 19.1. The quantitative estimate of drug-likeness (QED) is 0.796. The largest absolute Gasteiger partial charge is 0.504 e. The third-order valence-corrected chi connectivity index (χ3v) is 2.40. The topological polar surface area (TPSA) is 70.7 Å². The molecule has 0 bridgehead atoms. The van der Waals surface area contributed by atoms with Crippen LogP contribution in [-0.4, -0.2) is 10.2 Å². The number of hydrogen-bond acceptors (Lipinski definition) is 4. The molecule has 0 amide bonds. The first kappa shape index (κ1) is 11.2. The van der Waals surface area contributed by atoms with Crippen LogP contribution < -0.4 is 5.63 Å². The van der Waals surface area contributed by atoms with Crippen LogP contribution in [0.1, 0.15) is 5.56 Å². The molecule has 1 aromatic carbocycles. The lowest BCUT2D eigenvalue weighted by atomic mass is 10.1.